The van der Waals surface area contributed by atoms with Gasteiger partial charge in [-0.3, -0.25) is 0 Å². The van der Waals surface area contributed by atoms with Gasteiger partial charge in [0.2, 0.25) is 0 Å². The fourth-order valence-electron chi connectivity index (χ4n) is 2.23. The molecule has 13 heavy (non-hydrogen) atoms. The van der Waals surface area contributed by atoms with Gasteiger partial charge in [-0.15, -0.1) is 0 Å². The van der Waals surface area contributed by atoms with Gasteiger partial charge in [0.25, 0.3) is 0 Å². The molecule has 1 aliphatic heterocycles. The highest BCUT2D eigenvalue weighted by atomic mass is 19.1. The van der Waals surface area contributed by atoms with Crippen molar-refractivity contribution in [3.05, 3.63) is 0 Å². The highest BCUT2D eigenvalue weighted by Crippen LogP contribution is 2.22. The van der Waals surface area contributed by atoms with Crippen molar-refractivity contribution >= 4 is 0 Å². The Balaban J connectivity index is 1.66. The van der Waals surface area contributed by atoms with Crippen LogP contribution in [0.3, 0.4) is 0 Å². The molecular formula is C10H18FNO. The molecule has 1 saturated carbocycles. The van der Waals surface area contributed by atoms with E-state index in [1.165, 1.54) is 0 Å². The lowest BCUT2D eigenvalue weighted by Crippen LogP contribution is -2.38. The Labute approximate surface area is 78.8 Å². The number of nitrogens with one attached hydrogen (secondary N) is 1. The molecule has 2 nitrogen and oxygen atoms in total. The molecule has 0 aromatic rings. The molecule has 0 aromatic heterocycles. The normalized spacial score (nSPS) is 39.9. The highest BCUT2D eigenvalue weighted by molar-refractivity contribution is 4.84. The third-order valence-corrected chi connectivity index (χ3v) is 3.06. The Morgan fingerprint density at radius 2 is 2.15 bits per heavy atom. The smallest absolute Gasteiger partial charge is 0.115 e. The van der Waals surface area contributed by atoms with Gasteiger partial charge in [-0.05, 0) is 32.1 Å². The van der Waals surface area contributed by atoms with E-state index in [4.69, 9.17) is 4.74 Å². The van der Waals surface area contributed by atoms with Crippen LogP contribution in [0.1, 0.15) is 32.1 Å². The molecule has 2 rings (SSSR count). The van der Waals surface area contributed by atoms with Crippen molar-refractivity contribution in [1.29, 1.82) is 0 Å². The van der Waals surface area contributed by atoms with Gasteiger partial charge >= 0.3 is 0 Å². The number of alkyl halides is 1. The van der Waals surface area contributed by atoms with Crippen LogP contribution < -0.4 is 5.32 Å². The van der Waals surface area contributed by atoms with E-state index in [1.54, 1.807) is 0 Å². The molecule has 2 fully saturated rings. The molecule has 0 radical (unpaired) electrons. The predicted molar refractivity (Wildman–Crippen MR) is 49.5 cm³/mol. The third-order valence-electron chi connectivity index (χ3n) is 3.06. The predicted octanol–water partition coefficient (Wildman–Crippen LogP) is 1.65. The number of hydrogen-bond donors (Lipinski definition) is 1. The minimum atomic E-state index is -0.624. The molecule has 1 N–H and O–H groups in total. The van der Waals surface area contributed by atoms with E-state index in [2.05, 4.69) is 5.32 Å². The monoisotopic (exact) mass is 187 g/mol. The van der Waals surface area contributed by atoms with Crippen molar-refractivity contribution in [2.24, 2.45) is 0 Å². The molecule has 0 spiro atoms. The summed E-state index contributed by atoms with van der Waals surface area (Å²) in [7, 11) is 0. The van der Waals surface area contributed by atoms with Gasteiger partial charge < -0.3 is 10.1 Å². The molecule has 1 heterocycles. The van der Waals surface area contributed by atoms with Crippen molar-refractivity contribution in [2.45, 2.75) is 50.4 Å². The largest absolute Gasteiger partial charge is 0.377 e. The molecule has 3 atom stereocenters. The van der Waals surface area contributed by atoms with Crippen molar-refractivity contribution in [3.63, 3.8) is 0 Å². The Bertz CT molecular complexity index is 159. The summed E-state index contributed by atoms with van der Waals surface area (Å²) in [6.07, 6.45) is 4.78. The molecular weight excluding hydrogens is 169 g/mol. The minimum Gasteiger partial charge on any atom is -0.377 e. The molecule has 0 amide bonds. The number of rotatable bonds is 3. The topological polar surface area (TPSA) is 21.3 Å². The first-order valence-electron chi connectivity index (χ1n) is 5.35. The van der Waals surface area contributed by atoms with Gasteiger partial charge in [0, 0.05) is 19.2 Å². The number of hydrogen-bond acceptors (Lipinski definition) is 2. The van der Waals surface area contributed by atoms with Crippen molar-refractivity contribution in [3.8, 4) is 0 Å². The van der Waals surface area contributed by atoms with Crippen LogP contribution in [0.15, 0.2) is 0 Å². The summed E-state index contributed by atoms with van der Waals surface area (Å²) in [4.78, 5) is 0. The molecule has 3 heteroatoms. The van der Waals surface area contributed by atoms with E-state index >= 15 is 0 Å². The summed E-state index contributed by atoms with van der Waals surface area (Å²) < 4.78 is 18.6. The average Bonchev–Trinajstić information content (AvgIpc) is 2.72. The first kappa shape index (κ1) is 9.41. The van der Waals surface area contributed by atoms with Crippen molar-refractivity contribution in [2.75, 3.05) is 13.2 Å². The Hall–Kier alpha value is -0.150. The lowest BCUT2D eigenvalue weighted by atomic mass is 10.2. The lowest BCUT2D eigenvalue weighted by molar-refractivity contribution is 0.104. The summed E-state index contributed by atoms with van der Waals surface area (Å²) >= 11 is 0. The van der Waals surface area contributed by atoms with Gasteiger partial charge in [-0.1, -0.05) is 0 Å². The van der Waals surface area contributed by atoms with Crippen LogP contribution in [0.4, 0.5) is 4.39 Å². The first-order chi connectivity index (χ1) is 6.36. The first-order valence-corrected chi connectivity index (χ1v) is 5.35. The molecule has 3 unspecified atom stereocenters. The van der Waals surface area contributed by atoms with Gasteiger partial charge in [-0.2, -0.15) is 0 Å². The number of halogens is 1. The second-order valence-electron chi connectivity index (χ2n) is 4.10. The minimum absolute atomic E-state index is 0.101. The Morgan fingerprint density at radius 3 is 2.77 bits per heavy atom. The van der Waals surface area contributed by atoms with E-state index in [0.717, 1.165) is 45.3 Å². The van der Waals surface area contributed by atoms with Crippen LogP contribution in [-0.2, 0) is 4.74 Å². The summed E-state index contributed by atoms with van der Waals surface area (Å²) in [5.41, 5.74) is 0. The molecule has 2 aliphatic rings. The zero-order valence-corrected chi connectivity index (χ0v) is 7.97. The van der Waals surface area contributed by atoms with Crippen molar-refractivity contribution in [1.82, 2.24) is 5.32 Å². The van der Waals surface area contributed by atoms with Crippen LogP contribution in [-0.4, -0.2) is 31.5 Å². The van der Waals surface area contributed by atoms with Gasteiger partial charge in [-0.25, -0.2) is 4.39 Å². The quantitative estimate of drug-likeness (QED) is 0.725. The van der Waals surface area contributed by atoms with Crippen LogP contribution in [0.2, 0.25) is 0 Å². The number of ether oxygens (including phenoxy) is 1. The van der Waals surface area contributed by atoms with Gasteiger partial charge in [0.05, 0.1) is 6.10 Å². The van der Waals surface area contributed by atoms with E-state index in [1.807, 2.05) is 0 Å². The Kier molecular flexibility index (Phi) is 3.17. The molecule has 0 aromatic carbocycles. The summed E-state index contributed by atoms with van der Waals surface area (Å²) in [5.74, 6) is 0. The molecule has 1 saturated heterocycles. The molecule has 1 aliphatic carbocycles. The van der Waals surface area contributed by atoms with Crippen LogP contribution in [0.5, 0.6) is 0 Å². The summed E-state index contributed by atoms with van der Waals surface area (Å²) in [6.45, 7) is 1.72. The Morgan fingerprint density at radius 1 is 1.23 bits per heavy atom. The fraction of sp³-hybridized carbons (Fsp3) is 1.00. The van der Waals surface area contributed by atoms with Crippen LogP contribution in [0.25, 0.3) is 0 Å². The zero-order valence-electron chi connectivity index (χ0n) is 7.97. The summed E-state index contributed by atoms with van der Waals surface area (Å²) in [5, 5.41) is 3.27. The maximum atomic E-state index is 13.2. The second-order valence-corrected chi connectivity index (χ2v) is 4.10. The van der Waals surface area contributed by atoms with Crippen molar-refractivity contribution < 1.29 is 9.13 Å². The van der Waals surface area contributed by atoms with Crippen LogP contribution in [0, 0.1) is 0 Å². The van der Waals surface area contributed by atoms with E-state index in [-0.39, 0.29) is 6.04 Å². The average molecular weight is 187 g/mol. The zero-order chi connectivity index (χ0) is 9.10. The van der Waals surface area contributed by atoms with Crippen LogP contribution >= 0.6 is 0 Å². The van der Waals surface area contributed by atoms with E-state index in [0.29, 0.717) is 6.10 Å². The van der Waals surface area contributed by atoms with Gasteiger partial charge in [0.1, 0.15) is 6.17 Å². The highest BCUT2D eigenvalue weighted by Gasteiger charge is 2.27. The SMILES string of the molecule is FC1CCCC1NCC1CCCO1. The lowest BCUT2D eigenvalue weighted by Gasteiger charge is -2.17. The fourth-order valence-corrected chi connectivity index (χ4v) is 2.23. The summed E-state index contributed by atoms with van der Waals surface area (Å²) in [6, 6.07) is 0.101. The molecule has 0 bridgehead atoms. The maximum Gasteiger partial charge on any atom is 0.115 e. The standard InChI is InChI=1S/C10H18FNO/c11-9-4-1-5-10(9)12-7-8-3-2-6-13-8/h8-10,12H,1-7H2. The van der Waals surface area contributed by atoms with E-state index < -0.39 is 6.17 Å². The van der Waals surface area contributed by atoms with E-state index in [9.17, 15) is 4.39 Å². The maximum absolute atomic E-state index is 13.2. The van der Waals surface area contributed by atoms with Gasteiger partial charge in [0.15, 0.2) is 0 Å². The third kappa shape index (κ3) is 2.41. The molecule has 76 valence electrons. The second kappa shape index (κ2) is 4.38.